The summed E-state index contributed by atoms with van der Waals surface area (Å²) in [5.41, 5.74) is -0.872. The number of aryl methyl sites for hydroxylation is 1. The van der Waals surface area contributed by atoms with Crippen LogP contribution in [-0.2, 0) is 11.3 Å². The van der Waals surface area contributed by atoms with Gasteiger partial charge in [0.25, 0.3) is 0 Å². The third kappa shape index (κ3) is 2.38. The highest BCUT2D eigenvalue weighted by Gasteiger charge is 2.43. The molecule has 110 valence electrons. The molecule has 2 heterocycles. The van der Waals surface area contributed by atoms with Gasteiger partial charge in [-0.05, 0) is 31.2 Å². The molecule has 1 aliphatic rings. The first kappa shape index (κ1) is 14.4. The first-order valence-electron chi connectivity index (χ1n) is 6.51. The highest BCUT2D eigenvalue weighted by Crippen LogP contribution is 2.29. The molecule has 2 rings (SSSR count). The van der Waals surface area contributed by atoms with Crippen molar-refractivity contribution >= 4 is 11.8 Å². The highest BCUT2D eigenvalue weighted by molar-refractivity contribution is 5.78. The molecule has 1 aliphatic heterocycles. The van der Waals surface area contributed by atoms with E-state index in [0.29, 0.717) is 31.9 Å². The Kier molecular flexibility index (Phi) is 3.76. The summed E-state index contributed by atoms with van der Waals surface area (Å²) in [5.74, 6) is -0.335. The predicted molar refractivity (Wildman–Crippen MR) is 70.5 cm³/mol. The number of carboxylic acid groups (broad SMARTS) is 1. The number of nitro groups is 1. The number of nitrogens with zero attached hydrogens (tertiary/aromatic N) is 4. The number of likely N-dealkylation sites (tertiary alicyclic amines) is 1. The number of carboxylic acids is 1. The van der Waals surface area contributed by atoms with Crippen molar-refractivity contribution in [3.63, 3.8) is 0 Å². The van der Waals surface area contributed by atoms with Crippen molar-refractivity contribution in [2.75, 3.05) is 13.1 Å². The molecule has 0 radical (unpaired) electrons. The lowest BCUT2D eigenvalue weighted by Crippen LogP contribution is -2.49. The van der Waals surface area contributed by atoms with E-state index < -0.39 is 16.4 Å². The van der Waals surface area contributed by atoms with Crippen molar-refractivity contribution in [2.45, 2.75) is 38.8 Å². The first-order chi connectivity index (χ1) is 9.36. The van der Waals surface area contributed by atoms with Crippen LogP contribution in [0.4, 0.5) is 5.82 Å². The summed E-state index contributed by atoms with van der Waals surface area (Å²) >= 11 is 0. The summed E-state index contributed by atoms with van der Waals surface area (Å²) in [7, 11) is 0. The van der Waals surface area contributed by atoms with Crippen molar-refractivity contribution in [3.8, 4) is 0 Å². The number of aliphatic carboxylic acids is 1. The van der Waals surface area contributed by atoms with Crippen molar-refractivity contribution in [2.24, 2.45) is 0 Å². The van der Waals surface area contributed by atoms with E-state index in [0.717, 1.165) is 6.42 Å². The van der Waals surface area contributed by atoms with Gasteiger partial charge in [0.2, 0.25) is 0 Å². The largest absolute Gasteiger partial charge is 0.480 e. The number of imidazole rings is 1. The Morgan fingerprint density at radius 3 is 2.90 bits per heavy atom. The van der Waals surface area contributed by atoms with Crippen molar-refractivity contribution < 1.29 is 14.8 Å². The third-order valence-electron chi connectivity index (χ3n) is 4.06. The van der Waals surface area contributed by atoms with Gasteiger partial charge in [0.15, 0.2) is 5.82 Å². The summed E-state index contributed by atoms with van der Waals surface area (Å²) in [4.78, 5) is 27.6. The van der Waals surface area contributed by atoms with Gasteiger partial charge in [-0.25, -0.2) is 9.55 Å². The smallest absolute Gasteiger partial charge is 0.342 e. The molecular weight excluding hydrogens is 264 g/mol. The zero-order valence-corrected chi connectivity index (χ0v) is 11.6. The lowest BCUT2D eigenvalue weighted by molar-refractivity contribution is -0.392. The molecule has 0 aliphatic carbocycles. The van der Waals surface area contributed by atoms with Crippen LogP contribution in [-0.4, -0.2) is 49.1 Å². The molecule has 0 aromatic carbocycles. The fraction of sp³-hybridized carbons (Fsp3) is 0.667. The zero-order valence-electron chi connectivity index (χ0n) is 11.6. The first-order valence-corrected chi connectivity index (χ1v) is 6.51. The molecule has 0 spiro atoms. The second-order valence-corrected chi connectivity index (χ2v) is 5.24. The van der Waals surface area contributed by atoms with Crippen LogP contribution in [0.2, 0.25) is 0 Å². The average Bonchev–Trinajstić information content (AvgIpc) is 2.91. The summed E-state index contributed by atoms with van der Waals surface area (Å²) in [6, 6.07) is 0. The van der Waals surface area contributed by atoms with E-state index in [1.54, 1.807) is 13.8 Å². The number of hydrogen-bond acceptors (Lipinski definition) is 5. The number of rotatable bonds is 5. The van der Waals surface area contributed by atoms with Gasteiger partial charge >= 0.3 is 11.8 Å². The van der Waals surface area contributed by atoms with Crippen molar-refractivity contribution in [1.82, 2.24) is 14.5 Å². The Bertz CT molecular complexity index is 542. The van der Waals surface area contributed by atoms with Crippen LogP contribution in [0.25, 0.3) is 0 Å². The molecule has 1 unspecified atom stereocenters. The van der Waals surface area contributed by atoms with E-state index in [1.807, 2.05) is 4.90 Å². The highest BCUT2D eigenvalue weighted by atomic mass is 16.6. The molecule has 1 fully saturated rings. The minimum absolute atomic E-state index is 0.0567. The van der Waals surface area contributed by atoms with E-state index in [-0.39, 0.29) is 5.82 Å². The van der Waals surface area contributed by atoms with Gasteiger partial charge in [-0.1, -0.05) is 0 Å². The predicted octanol–water partition coefficient (Wildman–Crippen LogP) is 1.04. The second kappa shape index (κ2) is 5.20. The van der Waals surface area contributed by atoms with E-state index in [4.69, 9.17) is 0 Å². The normalized spacial score (nSPS) is 23.1. The molecular formula is C12H18N4O4. The van der Waals surface area contributed by atoms with Gasteiger partial charge in [-0.15, -0.1) is 0 Å². The number of aromatic nitrogens is 2. The monoisotopic (exact) mass is 282 g/mol. The van der Waals surface area contributed by atoms with E-state index in [9.17, 15) is 20.0 Å². The lowest BCUT2D eigenvalue weighted by atomic mass is 9.99. The third-order valence-corrected chi connectivity index (χ3v) is 4.06. The molecule has 1 atom stereocenters. The van der Waals surface area contributed by atoms with Crippen LogP contribution in [0.3, 0.4) is 0 Å². The molecule has 0 amide bonds. The molecule has 8 nitrogen and oxygen atoms in total. The van der Waals surface area contributed by atoms with Gasteiger partial charge in [0.1, 0.15) is 18.3 Å². The maximum Gasteiger partial charge on any atom is 0.342 e. The molecule has 20 heavy (non-hydrogen) atoms. The van der Waals surface area contributed by atoms with Gasteiger partial charge in [-0.3, -0.25) is 9.69 Å². The Labute approximate surface area is 116 Å². The fourth-order valence-corrected chi connectivity index (χ4v) is 2.72. The van der Waals surface area contributed by atoms with Crippen molar-refractivity contribution in [3.05, 3.63) is 22.1 Å². The quantitative estimate of drug-likeness (QED) is 0.639. The average molecular weight is 282 g/mol. The Morgan fingerprint density at radius 1 is 1.60 bits per heavy atom. The van der Waals surface area contributed by atoms with Gasteiger partial charge < -0.3 is 15.2 Å². The summed E-state index contributed by atoms with van der Waals surface area (Å²) in [5, 5.41) is 20.2. The Morgan fingerprint density at radius 2 is 2.30 bits per heavy atom. The van der Waals surface area contributed by atoms with E-state index in [1.165, 1.54) is 10.8 Å². The standard InChI is InChI=1S/C12H18N4O4/c1-9-13-8-10(16(19)20)15(9)7-6-14-5-3-4-12(14,2)11(17)18/h8H,3-7H2,1-2H3,(H,17,18). The van der Waals surface area contributed by atoms with Crippen LogP contribution >= 0.6 is 0 Å². The maximum atomic E-state index is 11.4. The summed E-state index contributed by atoms with van der Waals surface area (Å²) in [6.45, 7) is 4.93. The summed E-state index contributed by atoms with van der Waals surface area (Å²) < 4.78 is 1.51. The Balaban J connectivity index is 2.11. The molecule has 1 aromatic rings. The van der Waals surface area contributed by atoms with Crippen LogP contribution in [0, 0.1) is 17.0 Å². The Hall–Kier alpha value is -1.96. The zero-order chi connectivity index (χ0) is 14.9. The van der Waals surface area contributed by atoms with Crippen LogP contribution in [0.1, 0.15) is 25.6 Å². The number of hydrogen-bond donors (Lipinski definition) is 1. The molecule has 0 bridgehead atoms. The van der Waals surface area contributed by atoms with Gasteiger partial charge in [0.05, 0.1) is 0 Å². The number of carbonyl (C=O) groups is 1. The minimum Gasteiger partial charge on any atom is -0.480 e. The topological polar surface area (TPSA) is 102 Å². The lowest BCUT2D eigenvalue weighted by Gasteiger charge is -2.30. The minimum atomic E-state index is -0.872. The van der Waals surface area contributed by atoms with Gasteiger partial charge in [-0.2, -0.15) is 0 Å². The molecule has 0 saturated carbocycles. The molecule has 1 saturated heterocycles. The van der Waals surface area contributed by atoms with Crippen LogP contribution in [0.5, 0.6) is 0 Å². The fourth-order valence-electron chi connectivity index (χ4n) is 2.72. The van der Waals surface area contributed by atoms with E-state index >= 15 is 0 Å². The van der Waals surface area contributed by atoms with Gasteiger partial charge in [0, 0.05) is 13.5 Å². The SMILES string of the molecule is Cc1ncc([N+](=O)[O-])n1CCN1CCCC1(C)C(=O)O. The van der Waals surface area contributed by atoms with Crippen LogP contribution < -0.4 is 0 Å². The summed E-state index contributed by atoms with van der Waals surface area (Å²) in [6.07, 6.45) is 2.66. The van der Waals surface area contributed by atoms with Crippen molar-refractivity contribution in [1.29, 1.82) is 0 Å². The maximum absolute atomic E-state index is 11.4. The second-order valence-electron chi connectivity index (χ2n) is 5.24. The van der Waals surface area contributed by atoms with Crippen LogP contribution in [0.15, 0.2) is 6.20 Å². The molecule has 8 heteroatoms. The molecule has 1 aromatic heterocycles. The molecule has 1 N–H and O–H groups in total. The van der Waals surface area contributed by atoms with E-state index in [2.05, 4.69) is 4.98 Å².